The molecule has 0 aliphatic carbocycles. The monoisotopic (exact) mass is 389 g/mol. The van der Waals surface area contributed by atoms with Crippen LogP contribution >= 0.6 is 11.6 Å². The van der Waals surface area contributed by atoms with Crippen molar-refractivity contribution in [1.29, 1.82) is 0 Å². The van der Waals surface area contributed by atoms with Crippen molar-refractivity contribution in [2.45, 2.75) is 27.2 Å². The van der Waals surface area contributed by atoms with Gasteiger partial charge in [-0.05, 0) is 41.8 Å². The van der Waals surface area contributed by atoms with Crippen molar-refractivity contribution in [3.8, 4) is 5.75 Å². The number of methoxy groups -OCH3 is 1. The molecule has 0 spiro atoms. The molecule has 0 saturated heterocycles. The van der Waals surface area contributed by atoms with Gasteiger partial charge >= 0.3 is 0 Å². The SMILES string of the molecule is COc1ccc(NC(=O)c2cc(NC(=O)CC(C)(C)C)ccc2Cl)cc1N. The van der Waals surface area contributed by atoms with Crippen LogP contribution in [0.4, 0.5) is 17.1 Å². The van der Waals surface area contributed by atoms with Gasteiger partial charge < -0.3 is 21.1 Å². The zero-order valence-electron chi connectivity index (χ0n) is 15.9. The van der Waals surface area contributed by atoms with Crippen LogP contribution in [-0.2, 0) is 4.79 Å². The van der Waals surface area contributed by atoms with Gasteiger partial charge in [-0.25, -0.2) is 0 Å². The summed E-state index contributed by atoms with van der Waals surface area (Å²) in [5.74, 6) is -0.00909. The number of nitrogens with one attached hydrogen (secondary N) is 2. The van der Waals surface area contributed by atoms with E-state index in [0.29, 0.717) is 29.2 Å². The van der Waals surface area contributed by atoms with E-state index >= 15 is 0 Å². The molecule has 0 aromatic heterocycles. The van der Waals surface area contributed by atoms with E-state index < -0.39 is 5.91 Å². The van der Waals surface area contributed by atoms with E-state index in [9.17, 15) is 9.59 Å². The number of rotatable bonds is 5. The summed E-state index contributed by atoms with van der Waals surface area (Å²) in [6.45, 7) is 5.94. The number of amides is 2. The predicted octanol–water partition coefficient (Wildman–Crippen LogP) is 4.56. The van der Waals surface area contributed by atoms with Crippen LogP contribution in [-0.4, -0.2) is 18.9 Å². The number of nitrogens with two attached hydrogens (primary N) is 1. The van der Waals surface area contributed by atoms with Gasteiger partial charge in [0.05, 0.1) is 23.4 Å². The predicted molar refractivity (Wildman–Crippen MR) is 110 cm³/mol. The molecule has 0 aliphatic rings. The van der Waals surface area contributed by atoms with Gasteiger partial charge in [0.15, 0.2) is 0 Å². The standard InChI is InChI=1S/C20H24ClN3O3/c1-20(2,3)11-18(25)23-12-5-7-15(21)14(9-12)19(26)24-13-6-8-17(27-4)16(22)10-13/h5-10H,11,22H2,1-4H3,(H,23,25)(H,24,26). The summed E-state index contributed by atoms with van der Waals surface area (Å²) in [5, 5.41) is 5.81. The minimum absolute atomic E-state index is 0.126. The molecule has 0 radical (unpaired) electrons. The number of nitrogen functional groups attached to an aromatic ring is 1. The molecule has 0 fully saturated rings. The summed E-state index contributed by atoms with van der Waals surface area (Å²) < 4.78 is 5.10. The van der Waals surface area contributed by atoms with E-state index in [1.807, 2.05) is 20.8 Å². The van der Waals surface area contributed by atoms with E-state index in [-0.39, 0.29) is 21.9 Å². The van der Waals surface area contributed by atoms with E-state index in [1.54, 1.807) is 36.4 Å². The molecule has 0 unspecified atom stereocenters. The first kappa shape index (κ1) is 20.6. The Morgan fingerprint density at radius 1 is 1.07 bits per heavy atom. The Hall–Kier alpha value is -2.73. The Balaban J connectivity index is 2.16. The van der Waals surface area contributed by atoms with Gasteiger partial charge in [0.1, 0.15) is 5.75 Å². The van der Waals surface area contributed by atoms with Crippen LogP contribution in [0.3, 0.4) is 0 Å². The first-order valence-corrected chi connectivity index (χ1v) is 8.81. The first-order chi connectivity index (χ1) is 12.6. The Bertz CT molecular complexity index is 860. The Morgan fingerprint density at radius 3 is 2.30 bits per heavy atom. The van der Waals surface area contributed by atoms with Gasteiger partial charge in [-0.15, -0.1) is 0 Å². The Kier molecular flexibility index (Phi) is 6.33. The van der Waals surface area contributed by atoms with Gasteiger partial charge in [-0.2, -0.15) is 0 Å². The molecule has 0 aliphatic heterocycles. The molecule has 0 atom stereocenters. The highest BCUT2D eigenvalue weighted by atomic mass is 35.5. The number of hydrogen-bond donors (Lipinski definition) is 3. The van der Waals surface area contributed by atoms with Crippen molar-refractivity contribution in [3.05, 3.63) is 47.0 Å². The molecule has 0 heterocycles. The van der Waals surface area contributed by atoms with Gasteiger partial charge in [-0.3, -0.25) is 9.59 Å². The fraction of sp³-hybridized carbons (Fsp3) is 0.300. The number of hydrogen-bond acceptors (Lipinski definition) is 4. The minimum atomic E-state index is -0.406. The second kappa shape index (κ2) is 8.31. The maximum atomic E-state index is 12.6. The minimum Gasteiger partial charge on any atom is -0.495 e. The lowest BCUT2D eigenvalue weighted by atomic mass is 9.92. The van der Waals surface area contributed by atoms with Crippen LogP contribution in [0.5, 0.6) is 5.75 Å². The second-order valence-corrected chi connectivity index (χ2v) is 7.80. The Labute approximate surface area is 164 Å². The van der Waals surface area contributed by atoms with E-state index in [1.165, 1.54) is 7.11 Å². The molecule has 144 valence electrons. The molecule has 7 heteroatoms. The highest BCUT2D eigenvalue weighted by molar-refractivity contribution is 6.34. The van der Waals surface area contributed by atoms with Gasteiger partial charge in [0, 0.05) is 17.8 Å². The van der Waals surface area contributed by atoms with Crippen molar-refractivity contribution in [2.75, 3.05) is 23.5 Å². The number of ether oxygens (including phenoxy) is 1. The number of anilines is 3. The van der Waals surface area contributed by atoms with Crippen molar-refractivity contribution < 1.29 is 14.3 Å². The number of carbonyl (C=O) groups excluding carboxylic acids is 2. The maximum Gasteiger partial charge on any atom is 0.257 e. The molecule has 0 bridgehead atoms. The van der Waals surface area contributed by atoms with E-state index in [4.69, 9.17) is 22.1 Å². The lowest BCUT2D eigenvalue weighted by molar-refractivity contribution is -0.117. The van der Waals surface area contributed by atoms with Gasteiger partial charge in [0.2, 0.25) is 5.91 Å². The third-order valence-corrected chi connectivity index (χ3v) is 4.00. The van der Waals surface area contributed by atoms with E-state index in [0.717, 1.165) is 0 Å². The van der Waals surface area contributed by atoms with Gasteiger partial charge in [-0.1, -0.05) is 32.4 Å². The normalized spacial score (nSPS) is 11.0. The highest BCUT2D eigenvalue weighted by Gasteiger charge is 2.17. The highest BCUT2D eigenvalue weighted by Crippen LogP contribution is 2.27. The van der Waals surface area contributed by atoms with Crippen molar-refractivity contribution >= 4 is 40.5 Å². The molecule has 6 nitrogen and oxygen atoms in total. The molecule has 2 amide bonds. The molecule has 0 saturated carbocycles. The van der Waals surface area contributed by atoms with Gasteiger partial charge in [0.25, 0.3) is 5.91 Å². The quantitative estimate of drug-likeness (QED) is 0.653. The fourth-order valence-electron chi connectivity index (χ4n) is 2.47. The molecule has 27 heavy (non-hydrogen) atoms. The van der Waals surface area contributed by atoms with Crippen LogP contribution in [0.15, 0.2) is 36.4 Å². The van der Waals surface area contributed by atoms with Crippen LogP contribution < -0.4 is 21.1 Å². The number of benzene rings is 2. The molecule has 2 aromatic rings. The molecular formula is C20H24ClN3O3. The van der Waals surface area contributed by atoms with E-state index in [2.05, 4.69) is 10.6 Å². The fourth-order valence-corrected chi connectivity index (χ4v) is 2.68. The number of halogens is 1. The van der Waals surface area contributed by atoms with Crippen LogP contribution in [0.25, 0.3) is 0 Å². The average Bonchev–Trinajstić information content (AvgIpc) is 2.55. The van der Waals surface area contributed by atoms with Crippen LogP contribution in [0, 0.1) is 5.41 Å². The maximum absolute atomic E-state index is 12.6. The zero-order valence-corrected chi connectivity index (χ0v) is 16.6. The topological polar surface area (TPSA) is 93.5 Å². The molecule has 4 N–H and O–H groups in total. The zero-order chi connectivity index (χ0) is 20.2. The summed E-state index contributed by atoms with van der Waals surface area (Å²) in [6, 6.07) is 9.72. The second-order valence-electron chi connectivity index (χ2n) is 7.39. The summed E-state index contributed by atoms with van der Waals surface area (Å²) in [5.41, 5.74) is 7.40. The van der Waals surface area contributed by atoms with Crippen LogP contribution in [0.2, 0.25) is 5.02 Å². The lowest BCUT2D eigenvalue weighted by Crippen LogP contribution is -2.20. The third kappa shape index (κ3) is 5.89. The average molecular weight is 390 g/mol. The molecule has 2 aromatic carbocycles. The molecule has 2 rings (SSSR count). The summed E-state index contributed by atoms with van der Waals surface area (Å²) in [4.78, 5) is 24.7. The van der Waals surface area contributed by atoms with Crippen molar-refractivity contribution in [2.24, 2.45) is 5.41 Å². The summed E-state index contributed by atoms with van der Waals surface area (Å²) in [6.07, 6.45) is 0.363. The first-order valence-electron chi connectivity index (χ1n) is 8.43. The lowest BCUT2D eigenvalue weighted by Gasteiger charge is -2.17. The molecular weight excluding hydrogens is 366 g/mol. The Morgan fingerprint density at radius 2 is 1.70 bits per heavy atom. The van der Waals surface area contributed by atoms with Crippen LogP contribution in [0.1, 0.15) is 37.6 Å². The summed E-state index contributed by atoms with van der Waals surface area (Å²) in [7, 11) is 1.52. The van der Waals surface area contributed by atoms with Crippen molar-refractivity contribution in [3.63, 3.8) is 0 Å². The largest absolute Gasteiger partial charge is 0.495 e. The summed E-state index contributed by atoms with van der Waals surface area (Å²) >= 11 is 6.16. The smallest absolute Gasteiger partial charge is 0.257 e. The third-order valence-electron chi connectivity index (χ3n) is 3.67. The van der Waals surface area contributed by atoms with Crippen molar-refractivity contribution in [1.82, 2.24) is 0 Å². The number of carbonyl (C=O) groups is 2.